The Hall–Kier alpha value is -2.68. The Morgan fingerprint density at radius 2 is 2.17 bits per heavy atom. The van der Waals surface area contributed by atoms with Crippen molar-refractivity contribution >= 4 is 17.7 Å². The lowest BCUT2D eigenvalue weighted by Gasteiger charge is -2.07. The lowest BCUT2D eigenvalue weighted by molar-refractivity contribution is -0.385. The van der Waals surface area contributed by atoms with Gasteiger partial charge in [-0.2, -0.15) is 5.26 Å². The molecule has 0 bridgehead atoms. The van der Waals surface area contributed by atoms with Crippen molar-refractivity contribution < 1.29 is 14.5 Å². The van der Waals surface area contributed by atoms with Gasteiger partial charge >= 0.3 is 5.97 Å². The number of nitrogens with zero attached hydrogens (tertiary/aromatic N) is 2. The number of carbonyl (C=O) groups excluding carboxylic acids is 1. The smallest absolute Gasteiger partial charge is 0.348 e. The summed E-state index contributed by atoms with van der Waals surface area (Å²) in [6.07, 6.45) is 2.91. The van der Waals surface area contributed by atoms with Crippen molar-refractivity contribution in [3.63, 3.8) is 0 Å². The van der Waals surface area contributed by atoms with E-state index in [1.165, 1.54) is 12.1 Å². The van der Waals surface area contributed by atoms with Crippen LogP contribution in [0.25, 0.3) is 6.08 Å². The molecule has 0 unspecified atom stereocenters. The van der Waals surface area contributed by atoms with Gasteiger partial charge in [0.15, 0.2) is 0 Å². The number of hydrogen-bond donors (Lipinski definition) is 0. The van der Waals surface area contributed by atoms with Gasteiger partial charge in [-0.15, -0.1) is 0 Å². The van der Waals surface area contributed by atoms with Crippen LogP contribution in [0.1, 0.15) is 50.7 Å². The first-order valence-corrected chi connectivity index (χ1v) is 7.48. The maximum atomic E-state index is 11.8. The van der Waals surface area contributed by atoms with E-state index in [-0.39, 0.29) is 23.8 Å². The first-order chi connectivity index (χ1) is 10.9. The van der Waals surface area contributed by atoms with Crippen molar-refractivity contribution in [1.29, 1.82) is 5.26 Å². The zero-order valence-electron chi connectivity index (χ0n) is 13.5. The van der Waals surface area contributed by atoms with Gasteiger partial charge in [-0.1, -0.05) is 39.3 Å². The second-order valence-electron chi connectivity index (χ2n) is 5.39. The Kier molecular flexibility index (Phi) is 6.94. The molecule has 0 aliphatic heterocycles. The van der Waals surface area contributed by atoms with Crippen molar-refractivity contribution in [3.8, 4) is 6.07 Å². The summed E-state index contributed by atoms with van der Waals surface area (Å²) in [4.78, 5) is 22.5. The summed E-state index contributed by atoms with van der Waals surface area (Å²) in [5.41, 5.74) is 0.833. The molecule has 0 aliphatic rings. The number of ether oxygens (including phenoxy) is 1. The third kappa shape index (κ3) is 5.22. The van der Waals surface area contributed by atoms with E-state index in [1.54, 1.807) is 18.2 Å². The maximum Gasteiger partial charge on any atom is 0.348 e. The number of esters is 1. The minimum atomic E-state index is -0.712. The molecule has 0 saturated carbocycles. The summed E-state index contributed by atoms with van der Waals surface area (Å²) in [6, 6.07) is 6.44. The molecule has 1 aromatic rings. The molecule has 0 heterocycles. The summed E-state index contributed by atoms with van der Waals surface area (Å²) in [5.74, 6) is -0.709. The molecule has 23 heavy (non-hydrogen) atoms. The molecular formula is C17H20N2O4. The second kappa shape index (κ2) is 8.69. The number of benzene rings is 1. The van der Waals surface area contributed by atoms with Gasteiger partial charge in [-0.25, -0.2) is 4.79 Å². The van der Waals surface area contributed by atoms with Gasteiger partial charge in [0.25, 0.3) is 5.69 Å². The van der Waals surface area contributed by atoms with Crippen LogP contribution < -0.4 is 0 Å². The van der Waals surface area contributed by atoms with Crippen molar-refractivity contribution in [2.45, 2.75) is 39.5 Å². The predicted octanol–water partition coefficient (Wildman–Crippen LogP) is 3.97. The molecule has 0 spiro atoms. The topological polar surface area (TPSA) is 93.2 Å². The molecule has 6 heteroatoms. The molecule has 122 valence electrons. The molecule has 0 radical (unpaired) electrons. The van der Waals surface area contributed by atoms with Gasteiger partial charge < -0.3 is 4.74 Å². The third-order valence-corrected chi connectivity index (χ3v) is 3.26. The van der Waals surface area contributed by atoms with Crippen molar-refractivity contribution in [2.24, 2.45) is 0 Å². The van der Waals surface area contributed by atoms with Gasteiger partial charge in [0.05, 0.1) is 11.5 Å². The van der Waals surface area contributed by atoms with Crippen LogP contribution in [0, 0.1) is 21.4 Å². The standard InChI is InChI=1S/C17H20N2O4/c1-4-5-8-23-17(20)14(11-18)9-13-6-7-15(12(2)3)16(10-13)19(21)22/h6-7,9-10,12H,4-5,8H2,1-3H3/b14-9+. The largest absolute Gasteiger partial charge is 0.462 e. The maximum absolute atomic E-state index is 11.8. The molecule has 1 aromatic carbocycles. The van der Waals surface area contributed by atoms with E-state index in [2.05, 4.69) is 0 Å². The molecular weight excluding hydrogens is 296 g/mol. The fraction of sp³-hybridized carbons (Fsp3) is 0.412. The van der Waals surface area contributed by atoms with E-state index in [1.807, 2.05) is 20.8 Å². The van der Waals surface area contributed by atoms with Crippen molar-refractivity contribution in [3.05, 3.63) is 45.0 Å². The lowest BCUT2D eigenvalue weighted by atomic mass is 9.98. The molecule has 0 atom stereocenters. The van der Waals surface area contributed by atoms with Crippen LogP contribution in [-0.2, 0) is 9.53 Å². The SMILES string of the molecule is CCCCOC(=O)/C(C#N)=C/c1ccc(C(C)C)c([N+](=O)[O-])c1. The van der Waals surface area contributed by atoms with Crippen molar-refractivity contribution in [1.82, 2.24) is 0 Å². The van der Waals surface area contributed by atoms with Crippen molar-refractivity contribution in [2.75, 3.05) is 6.61 Å². The molecule has 0 amide bonds. The minimum absolute atomic E-state index is 0.00266. The van der Waals surface area contributed by atoms with E-state index in [4.69, 9.17) is 10.00 Å². The van der Waals surface area contributed by atoms with Crippen LogP contribution in [0.15, 0.2) is 23.8 Å². The highest BCUT2D eigenvalue weighted by Gasteiger charge is 2.17. The quantitative estimate of drug-likeness (QED) is 0.189. The Labute approximate surface area is 135 Å². The summed E-state index contributed by atoms with van der Waals surface area (Å²) < 4.78 is 4.98. The summed E-state index contributed by atoms with van der Waals surface area (Å²) in [5, 5.41) is 20.3. The van der Waals surface area contributed by atoms with Crippen LogP contribution >= 0.6 is 0 Å². The zero-order chi connectivity index (χ0) is 17.4. The Balaban J connectivity index is 3.09. The van der Waals surface area contributed by atoms with Crippen LogP contribution in [0.4, 0.5) is 5.69 Å². The van der Waals surface area contributed by atoms with E-state index < -0.39 is 10.9 Å². The molecule has 1 rings (SSSR count). The molecule has 0 N–H and O–H groups in total. The number of nitriles is 1. The monoisotopic (exact) mass is 316 g/mol. The highest BCUT2D eigenvalue weighted by atomic mass is 16.6. The fourth-order valence-electron chi connectivity index (χ4n) is 1.99. The van der Waals surface area contributed by atoms with E-state index in [9.17, 15) is 14.9 Å². The Bertz CT molecular complexity index is 657. The van der Waals surface area contributed by atoms with Gasteiger partial charge in [-0.05, 0) is 24.0 Å². The number of carbonyl (C=O) groups is 1. The van der Waals surface area contributed by atoms with Gasteiger partial charge in [-0.3, -0.25) is 10.1 Å². The van der Waals surface area contributed by atoms with E-state index in [0.29, 0.717) is 11.1 Å². The highest BCUT2D eigenvalue weighted by molar-refractivity contribution is 5.98. The van der Waals surface area contributed by atoms with Crippen LogP contribution in [0.3, 0.4) is 0 Å². The number of unbranched alkanes of at least 4 members (excludes halogenated alkanes) is 1. The Morgan fingerprint density at radius 3 is 2.70 bits per heavy atom. The Morgan fingerprint density at radius 1 is 1.48 bits per heavy atom. The lowest BCUT2D eigenvalue weighted by Crippen LogP contribution is -2.07. The fourth-order valence-corrected chi connectivity index (χ4v) is 1.99. The molecule has 0 saturated heterocycles. The van der Waals surface area contributed by atoms with Crippen LogP contribution in [0.5, 0.6) is 0 Å². The highest BCUT2D eigenvalue weighted by Crippen LogP contribution is 2.28. The average Bonchev–Trinajstić information content (AvgIpc) is 2.52. The number of nitro groups is 1. The number of hydrogen-bond acceptors (Lipinski definition) is 5. The second-order valence-corrected chi connectivity index (χ2v) is 5.39. The van der Waals surface area contributed by atoms with Gasteiger partial charge in [0.1, 0.15) is 11.6 Å². The molecule has 0 aromatic heterocycles. The van der Waals surface area contributed by atoms with Gasteiger partial charge in [0.2, 0.25) is 0 Å². The molecule has 0 fully saturated rings. The number of nitro benzene ring substituents is 1. The normalized spacial score (nSPS) is 11.2. The predicted molar refractivity (Wildman–Crippen MR) is 86.6 cm³/mol. The van der Waals surface area contributed by atoms with E-state index >= 15 is 0 Å². The van der Waals surface area contributed by atoms with Gasteiger partial charge in [0, 0.05) is 11.6 Å². The third-order valence-electron chi connectivity index (χ3n) is 3.26. The first-order valence-electron chi connectivity index (χ1n) is 7.48. The number of rotatable bonds is 7. The van der Waals surface area contributed by atoms with Crippen LogP contribution in [-0.4, -0.2) is 17.5 Å². The molecule has 0 aliphatic carbocycles. The van der Waals surface area contributed by atoms with E-state index in [0.717, 1.165) is 12.8 Å². The zero-order valence-corrected chi connectivity index (χ0v) is 13.5. The molecule has 6 nitrogen and oxygen atoms in total. The summed E-state index contributed by atoms with van der Waals surface area (Å²) >= 11 is 0. The first kappa shape index (κ1) is 18.4. The summed E-state index contributed by atoms with van der Waals surface area (Å²) in [7, 11) is 0. The van der Waals surface area contributed by atoms with Crippen LogP contribution in [0.2, 0.25) is 0 Å². The average molecular weight is 316 g/mol. The minimum Gasteiger partial charge on any atom is -0.462 e. The summed E-state index contributed by atoms with van der Waals surface area (Å²) in [6.45, 7) is 5.94.